The number of nitrogens with one attached hydrogen (secondary N) is 2. The number of ketones is 4. The van der Waals surface area contributed by atoms with Gasteiger partial charge in [0, 0.05) is 88.7 Å². The number of allylic oxidation sites excluding steroid dienone is 6. The molecule has 0 aromatic heterocycles. The highest BCUT2D eigenvalue weighted by Gasteiger charge is 2.58. The zero-order chi connectivity index (χ0) is 90.9. The van der Waals surface area contributed by atoms with Crippen LogP contribution < -0.4 is 10.6 Å². The first-order valence-corrected chi connectivity index (χ1v) is 46.0. The van der Waals surface area contributed by atoms with E-state index >= 15 is 0 Å². The second-order valence-electron chi connectivity index (χ2n) is 38.7. The van der Waals surface area contributed by atoms with Crippen molar-refractivity contribution in [1.82, 2.24) is 20.4 Å². The van der Waals surface area contributed by atoms with E-state index in [9.17, 15) is 78.6 Å². The molecule has 28 atom stereocenters. The van der Waals surface area contributed by atoms with Gasteiger partial charge in [-0.05, 0) is 226 Å². The molecular formula is C96H146N4O24. The van der Waals surface area contributed by atoms with Crippen LogP contribution in [0, 0.1) is 82.9 Å². The summed E-state index contributed by atoms with van der Waals surface area (Å²) in [7, 11) is 3.07. The molecule has 2 aliphatic carbocycles. The van der Waals surface area contributed by atoms with Crippen LogP contribution >= 0.6 is 0 Å². The molecule has 4 amide bonds. The topological polar surface area (TPSA) is 396 Å². The summed E-state index contributed by atoms with van der Waals surface area (Å²) in [5.74, 6) is -17.3. The van der Waals surface area contributed by atoms with Crippen LogP contribution in [-0.2, 0) is 89.3 Å². The van der Waals surface area contributed by atoms with Gasteiger partial charge in [0.25, 0.3) is 23.4 Å². The lowest BCUT2D eigenvalue weighted by molar-refractivity contribution is -0.282. The number of hydrogen-bond acceptors (Lipinski definition) is 24. The molecule has 6 fully saturated rings. The third-order valence-corrected chi connectivity index (χ3v) is 28.3. The van der Waals surface area contributed by atoms with Gasteiger partial charge in [0.15, 0.2) is 0 Å². The van der Waals surface area contributed by atoms with Gasteiger partial charge in [0.2, 0.25) is 11.6 Å². The molecule has 0 radical (unpaired) electrons. The van der Waals surface area contributed by atoms with Crippen molar-refractivity contribution in [3.05, 3.63) is 82.0 Å². The van der Waals surface area contributed by atoms with Crippen molar-refractivity contribution in [3.63, 3.8) is 0 Å². The number of benzene rings is 1. The van der Waals surface area contributed by atoms with Crippen molar-refractivity contribution in [2.75, 3.05) is 40.5 Å². The number of cyclic esters (lactones) is 2. The molecule has 124 heavy (non-hydrogen) atoms. The number of hydrogen-bond donors (Lipinski definition) is 8. The largest absolute Gasteiger partial charge is 0.456 e. The predicted molar refractivity (Wildman–Crippen MR) is 461 cm³/mol. The number of fused-ring (bicyclic) bond motifs is 6. The average molecular weight is 1740 g/mol. The highest BCUT2D eigenvalue weighted by atomic mass is 16.6. The van der Waals surface area contributed by atoms with Gasteiger partial charge in [-0.25, -0.2) is 19.2 Å². The third-order valence-electron chi connectivity index (χ3n) is 28.3. The fourth-order valence-electron chi connectivity index (χ4n) is 21.1. The summed E-state index contributed by atoms with van der Waals surface area (Å²) in [6, 6.07) is 4.67. The van der Waals surface area contributed by atoms with Gasteiger partial charge in [-0.15, -0.1) is 0 Å². The lowest BCUT2D eigenvalue weighted by Gasteiger charge is -2.46. The fraction of sp³-hybridized carbons (Fsp3) is 0.750. The van der Waals surface area contributed by atoms with Gasteiger partial charge < -0.3 is 89.0 Å². The minimum atomic E-state index is -2.46. The molecule has 1 aromatic carbocycles. The van der Waals surface area contributed by atoms with E-state index in [0.717, 1.165) is 11.1 Å². The van der Waals surface area contributed by atoms with E-state index in [1.54, 1.807) is 65.8 Å². The molecule has 4 unspecified atom stereocenters. The number of piperidine rings is 2. The molecule has 28 heteroatoms. The van der Waals surface area contributed by atoms with E-state index in [-0.39, 0.29) is 137 Å². The van der Waals surface area contributed by atoms with Gasteiger partial charge in [-0.1, -0.05) is 129 Å². The maximum absolute atomic E-state index is 14.8. The van der Waals surface area contributed by atoms with Crippen LogP contribution in [-0.4, -0.2) is 225 Å². The van der Waals surface area contributed by atoms with Crippen molar-refractivity contribution < 1.29 is 116 Å². The lowest BCUT2D eigenvalue weighted by Crippen LogP contribution is -2.62. The number of alkyl carbamates (subject to hydrolysis) is 2. The molecule has 1 aromatic rings. The summed E-state index contributed by atoms with van der Waals surface area (Å²) in [5.41, 5.74) is 4.26. The molecule has 4 bridgehead atoms. The SMILES string of the molecule is CO[C@@H]1C[C@H](/C=C(\C)C2OC(=O)[C@@H]3CCCCN3C(=O)C(=O)[C@]3(O)OC([C@H](C)C[C@H]3C)[C@@H](C)C[C@@H](C)C/C(C)=C/[C@@H](CCOC(=O)NCc3ccc(CNC(=O)OCC[C@@H]4/C=C(\C)C[C@H](C)C[C@H](C)C5O[C@@](O)(C(=O)C(=O)N6CCCC[C@H]6C(=O)OC(/C(C)=C/[C@@H]6CC[C@@H](O)[C@H](OC)C6)[C@H](C)[C@@H](O)CC4=O)[C@H](C)C[C@H]5C)cc3)C(=O)C[C@H](O)[C@H]2C)CC[C@H]1O. The van der Waals surface area contributed by atoms with E-state index in [0.29, 0.717) is 125 Å². The summed E-state index contributed by atoms with van der Waals surface area (Å²) in [5, 5.41) is 75.9. The van der Waals surface area contributed by atoms with Crippen molar-refractivity contribution in [2.45, 2.75) is 336 Å². The molecule has 0 spiro atoms. The monoisotopic (exact) mass is 1740 g/mol. The number of esters is 2. The highest BCUT2D eigenvalue weighted by molar-refractivity contribution is 6.39. The number of ether oxygens (including phenoxy) is 8. The Morgan fingerprint density at radius 2 is 0.839 bits per heavy atom. The maximum atomic E-state index is 14.8. The second kappa shape index (κ2) is 45.7. The van der Waals surface area contributed by atoms with Gasteiger partial charge in [0.05, 0.1) is 62.0 Å². The minimum Gasteiger partial charge on any atom is -0.456 e. The van der Waals surface area contributed by atoms with Crippen LogP contribution in [0.25, 0.3) is 0 Å². The smallest absolute Gasteiger partial charge is 0.407 e. The number of carbonyl (C=O) groups excluding carboxylic acids is 10. The van der Waals surface area contributed by atoms with Crippen LogP contribution in [0.3, 0.4) is 0 Å². The summed E-state index contributed by atoms with van der Waals surface area (Å²) in [4.78, 5) is 146. The second-order valence-corrected chi connectivity index (χ2v) is 38.7. The van der Waals surface area contributed by atoms with Crippen LogP contribution in [0.4, 0.5) is 9.59 Å². The molecule has 6 aliphatic heterocycles. The van der Waals surface area contributed by atoms with Gasteiger partial charge >= 0.3 is 24.1 Å². The molecular weight excluding hydrogens is 1590 g/mol. The van der Waals surface area contributed by atoms with Gasteiger partial charge in [-0.2, -0.15) is 0 Å². The highest BCUT2D eigenvalue weighted by Crippen LogP contribution is 2.45. The Labute approximate surface area is 733 Å². The number of carbonyl (C=O) groups is 10. The van der Waals surface area contributed by atoms with Crippen LogP contribution in [0.5, 0.6) is 0 Å². The standard InChI is InChI=1S/C96H146N4O24/c1-53-37-55(3)41-71(79(105)49-77(103)65(13)85(61(9)45-69-27-29-75(101)81(47-69)117-15)121-91(111)73-21-17-19-33-99(73)89(109)87(107)95(115)63(11)43-59(7)83(123-95)57(5)39-53)31-35-119-93(113)97-51-67-23-25-68(26-24-67)52-98-94(114)120-36-32-72-42-56(4)38-54(2)40-58(6)84-60(8)44-64(12)96(116,124-84)88(108)90(110)100-34-20-18-22-74(100)92(112)122-86(66(14)78(104)50-80(72)106)62(10)46-70-28-30-76(102)82(48-70)118-16/h23-26,41-42,45-46,53-54,57-60,63-66,69-78,81-86,101-104,115-116H,17-22,27-40,43-44,47-52H2,1-16H3,(H,97,113)(H,98,114)/b55-41+,56-42+,61-45+,62-46+/t53-,54-,57-,58-,59+,60+,63+,64+,65+,66+,69-,70-,71+,72+,73-,74-,75+,76+,77-,78-,81+,82+,83?,84?,85?,86?,95+,96+/m0/s1. The predicted octanol–water partition coefficient (Wildman–Crippen LogP) is 11.6. The Hall–Kier alpha value is -7.12. The van der Waals surface area contributed by atoms with E-state index in [2.05, 4.69) is 24.5 Å². The average Bonchev–Trinajstić information content (AvgIpc) is 0.787. The summed E-state index contributed by atoms with van der Waals surface area (Å²) in [6.45, 7) is 26.1. The third kappa shape index (κ3) is 26.1. The zero-order valence-corrected chi connectivity index (χ0v) is 76.4. The number of amides is 4. The summed E-state index contributed by atoms with van der Waals surface area (Å²) in [6.07, 6.45) is 5.56. The van der Waals surface area contributed by atoms with Crippen molar-refractivity contribution in [2.24, 2.45) is 82.9 Å². The lowest BCUT2D eigenvalue weighted by atomic mass is 9.76. The summed E-state index contributed by atoms with van der Waals surface area (Å²) < 4.78 is 48.3. The molecule has 4 saturated heterocycles. The molecule has 28 nitrogen and oxygen atoms in total. The molecule has 2 saturated carbocycles. The Bertz CT molecular complexity index is 3710. The van der Waals surface area contributed by atoms with Crippen molar-refractivity contribution in [1.29, 1.82) is 0 Å². The minimum absolute atomic E-state index is 0.00441. The van der Waals surface area contributed by atoms with Gasteiger partial charge in [0.1, 0.15) is 35.9 Å². The van der Waals surface area contributed by atoms with E-state index in [1.807, 2.05) is 65.8 Å². The van der Waals surface area contributed by atoms with Crippen molar-refractivity contribution in [3.8, 4) is 0 Å². The first-order chi connectivity index (χ1) is 58.6. The Morgan fingerprint density at radius 1 is 0.484 bits per heavy atom. The number of aliphatic hydroxyl groups is 6. The molecule has 9 rings (SSSR count). The maximum Gasteiger partial charge on any atom is 0.407 e. The van der Waals surface area contributed by atoms with Crippen LogP contribution in [0.15, 0.2) is 70.9 Å². The number of nitrogens with zero attached hydrogens (tertiary/aromatic N) is 2. The zero-order valence-electron chi connectivity index (χ0n) is 76.4. The first kappa shape index (κ1) is 101. The Balaban J connectivity index is 0.843. The number of rotatable bonds is 16. The molecule has 6 heterocycles. The van der Waals surface area contributed by atoms with Crippen LogP contribution in [0.2, 0.25) is 0 Å². The van der Waals surface area contributed by atoms with E-state index in [4.69, 9.17) is 37.9 Å². The molecule has 8 N–H and O–H groups in total. The number of aliphatic hydroxyl groups excluding tert-OH is 4. The number of methoxy groups -OCH3 is 2. The van der Waals surface area contributed by atoms with E-state index < -0.39 is 168 Å². The normalized spacial score (nSPS) is 38.6. The Morgan fingerprint density at radius 3 is 1.19 bits per heavy atom. The Kier molecular flexibility index (Phi) is 37.1. The fourth-order valence-corrected chi connectivity index (χ4v) is 21.1. The van der Waals surface area contributed by atoms with Gasteiger partial charge in [-0.3, -0.25) is 28.8 Å². The summed E-state index contributed by atoms with van der Waals surface area (Å²) >= 11 is 0. The van der Waals surface area contributed by atoms with E-state index in [1.165, 1.54) is 24.0 Å². The van der Waals surface area contributed by atoms with Crippen LogP contribution in [0.1, 0.15) is 249 Å². The quantitative estimate of drug-likeness (QED) is 0.0330. The van der Waals surface area contributed by atoms with Crippen molar-refractivity contribution >= 4 is 59.1 Å². The molecule has 8 aliphatic rings. The first-order valence-electron chi connectivity index (χ1n) is 46.0. The number of Topliss-reactive ketones (excluding diaryl/α,β-unsaturated/α-hetero) is 4. The molecule has 694 valence electrons.